The first-order valence-corrected chi connectivity index (χ1v) is 7.93. The average Bonchev–Trinajstić information content (AvgIpc) is 2.93. The van der Waals surface area contributed by atoms with Crippen LogP contribution in [0.3, 0.4) is 0 Å². The van der Waals surface area contributed by atoms with Crippen molar-refractivity contribution in [2.45, 2.75) is 19.1 Å². The fourth-order valence-corrected chi connectivity index (χ4v) is 3.86. The number of hydrogen-bond donors (Lipinski definition) is 1. The standard InChI is InChI=1S/C20H19NO2/c1-12-16-14-10-6-7-11-15(14)19(23-2)17(16)18(21-20(12)22)13-8-4-3-5-9-13/h3-12,18-19H,1-2H3,(H,21,22)/t12-,18+,19-/m1/s1. The van der Waals surface area contributed by atoms with Gasteiger partial charge in [-0.25, -0.2) is 0 Å². The summed E-state index contributed by atoms with van der Waals surface area (Å²) in [5.41, 5.74) is 5.70. The zero-order valence-corrected chi connectivity index (χ0v) is 13.2. The van der Waals surface area contributed by atoms with Crippen LogP contribution in [0.15, 0.2) is 60.2 Å². The quantitative estimate of drug-likeness (QED) is 0.920. The molecule has 1 aliphatic heterocycles. The number of nitrogens with one attached hydrogen (secondary N) is 1. The van der Waals surface area contributed by atoms with Crippen LogP contribution in [-0.2, 0) is 9.53 Å². The number of amides is 1. The number of rotatable bonds is 2. The van der Waals surface area contributed by atoms with E-state index in [1.54, 1.807) is 7.11 Å². The Balaban J connectivity index is 1.94. The van der Waals surface area contributed by atoms with Crippen molar-refractivity contribution in [3.63, 3.8) is 0 Å². The molecule has 1 heterocycles. The Morgan fingerprint density at radius 3 is 2.43 bits per heavy atom. The highest BCUT2D eigenvalue weighted by molar-refractivity contribution is 5.98. The number of benzene rings is 2. The van der Waals surface area contributed by atoms with Crippen LogP contribution in [0.2, 0.25) is 0 Å². The van der Waals surface area contributed by atoms with E-state index < -0.39 is 0 Å². The first kappa shape index (κ1) is 14.2. The van der Waals surface area contributed by atoms with E-state index in [0.717, 1.165) is 22.3 Å². The Bertz CT molecular complexity index is 794. The molecule has 2 aromatic rings. The summed E-state index contributed by atoms with van der Waals surface area (Å²) in [5.74, 6) is -0.0876. The zero-order valence-electron chi connectivity index (χ0n) is 13.2. The lowest BCUT2D eigenvalue weighted by atomic mass is 9.84. The lowest BCUT2D eigenvalue weighted by Gasteiger charge is -2.32. The molecule has 3 atom stereocenters. The number of ether oxygens (including phenoxy) is 1. The summed E-state index contributed by atoms with van der Waals surface area (Å²) < 4.78 is 5.83. The summed E-state index contributed by atoms with van der Waals surface area (Å²) >= 11 is 0. The van der Waals surface area contributed by atoms with Crippen molar-refractivity contribution in [2.75, 3.05) is 7.11 Å². The summed E-state index contributed by atoms with van der Waals surface area (Å²) in [6, 6.07) is 18.2. The highest BCUT2D eigenvalue weighted by atomic mass is 16.5. The first-order chi connectivity index (χ1) is 11.2. The van der Waals surface area contributed by atoms with Gasteiger partial charge < -0.3 is 10.1 Å². The van der Waals surface area contributed by atoms with Gasteiger partial charge in [0.1, 0.15) is 6.10 Å². The molecule has 0 aromatic heterocycles. The molecule has 1 amide bonds. The third kappa shape index (κ3) is 2.04. The van der Waals surface area contributed by atoms with Gasteiger partial charge in [-0.1, -0.05) is 54.6 Å². The van der Waals surface area contributed by atoms with E-state index in [4.69, 9.17) is 4.74 Å². The molecule has 2 aliphatic rings. The predicted molar refractivity (Wildman–Crippen MR) is 89.6 cm³/mol. The average molecular weight is 305 g/mol. The van der Waals surface area contributed by atoms with Crippen molar-refractivity contribution in [3.05, 3.63) is 76.9 Å². The molecular weight excluding hydrogens is 286 g/mol. The predicted octanol–water partition coefficient (Wildman–Crippen LogP) is 3.65. The van der Waals surface area contributed by atoms with E-state index in [2.05, 4.69) is 29.6 Å². The fourth-order valence-electron chi connectivity index (χ4n) is 3.86. The van der Waals surface area contributed by atoms with Gasteiger partial charge in [0.05, 0.1) is 12.0 Å². The van der Waals surface area contributed by atoms with E-state index in [9.17, 15) is 4.79 Å². The molecule has 23 heavy (non-hydrogen) atoms. The molecular formula is C20H19NO2. The number of methoxy groups -OCH3 is 1. The first-order valence-electron chi connectivity index (χ1n) is 7.93. The summed E-state index contributed by atoms with van der Waals surface area (Å²) in [6.07, 6.45) is -0.102. The Hall–Kier alpha value is -2.39. The van der Waals surface area contributed by atoms with Crippen molar-refractivity contribution in [2.24, 2.45) is 5.92 Å². The van der Waals surface area contributed by atoms with Crippen LogP contribution in [0.1, 0.15) is 35.8 Å². The SMILES string of the molecule is CO[C@H]1C2=C(c3ccccc31)[C@@H](C)C(=O)N[C@H]2c1ccccc1. The molecule has 4 rings (SSSR count). The minimum Gasteiger partial charge on any atom is -0.372 e. The van der Waals surface area contributed by atoms with Crippen LogP contribution in [0.4, 0.5) is 0 Å². The molecule has 116 valence electrons. The van der Waals surface area contributed by atoms with Crippen LogP contribution in [0.5, 0.6) is 0 Å². The Labute approximate surface area is 136 Å². The van der Waals surface area contributed by atoms with Crippen molar-refractivity contribution >= 4 is 11.5 Å². The number of carbonyl (C=O) groups is 1. The second-order valence-electron chi connectivity index (χ2n) is 6.15. The lowest BCUT2D eigenvalue weighted by Crippen LogP contribution is -2.39. The molecule has 0 bridgehead atoms. The highest BCUT2D eigenvalue weighted by Crippen LogP contribution is 2.52. The smallest absolute Gasteiger partial charge is 0.228 e. The molecule has 0 spiro atoms. The second kappa shape index (κ2) is 5.36. The van der Waals surface area contributed by atoms with E-state index in [0.29, 0.717) is 0 Å². The van der Waals surface area contributed by atoms with Gasteiger partial charge in [-0.2, -0.15) is 0 Å². The third-order valence-electron chi connectivity index (χ3n) is 4.92. The van der Waals surface area contributed by atoms with Gasteiger partial charge in [-0.15, -0.1) is 0 Å². The molecule has 3 nitrogen and oxygen atoms in total. The van der Waals surface area contributed by atoms with Crippen LogP contribution >= 0.6 is 0 Å². The monoisotopic (exact) mass is 305 g/mol. The fraction of sp³-hybridized carbons (Fsp3) is 0.250. The minimum absolute atomic E-state index is 0.0733. The maximum atomic E-state index is 12.5. The Kier molecular flexibility index (Phi) is 3.31. The number of carbonyl (C=O) groups excluding carboxylic acids is 1. The normalized spacial score (nSPS) is 25.8. The molecule has 0 unspecified atom stereocenters. The maximum absolute atomic E-state index is 12.5. The zero-order chi connectivity index (χ0) is 16.0. The third-order valence-corrected chi connectivity index (χ3v) is 4.92. The van der Waals surface area contributed by atoms with Gasteiger partial charge in [0, 0.05) is 7.11 Å². The molecule has 0 saturated carbocycles. The Morgan fingerprint density at radius 2 is 1.70 bits per heavy atom. The largest absolute Gasteiger partial charge is 0.372 e. The summed E-state index contributed by atoms with van der Waals surface area (Å²) in [7, 11) is 1.74. The van der Waals surface area contributed by atoms with Gasteiger partial charge in [-0.05, 0) is 34.8 Å². The summed E-state index contributed by atoms with van der Waals surface area (Å²) in [5, 5.41) is 3.18. The van der Waals surface area contributed by atoms with E-state index in [1.807, 2.05) is 37.3 Å². The topological polar surface area (TPSA) is 38.3 Å². The van der Waals surface area contributed by atoms with Crippen molar-refractivity contribution in [1.82, 2.24) is 5.32 Å². The van der Waals surface area contributed by atoms with Gasteiger partial charge >= 0.3 is 0 Å². The van der Waals surface area contributed by atoms with Gasteiger partial charge in [0.2, 0.25) is 5.91 Å². The van der Waals surface area contributed by atoms with Gasteiger partial charge in [-0.3, -0.25) is 4.79 Å². The second-order valence-corrected chi connectivity index (χ2v) is 6.15. The Morgan fingerprint density at radius 1 is 1.00 bits per heavy atom. The molecule has 1 N–H and O–H groups in total. The van der Waals surface area contributed by atoms with E-state index in [1.165, 1.54) is 5.57 Å². The van der Waals surface area contributed by atoms with Gasteiger partial charge in [0.15, 0.2) is 0 Å². The summed E-state index contributed by atoms with van der Waals surface area (Å²) in [4.78, 5) is 12.5. The maximum Gasteiger partial charge on any atom is 0.228 e. The van der Waals surface area contributed by atoms with Crippen molar-refractivity contribution < 1.29 is 9.53 Å². The van der Waals surface area contributed by atoms with Crippen LogP contribution in [0.25, 0.3) is 5.57 Å². The number of hydrogen-bond acceptors (Lipinski definition) is 2. The van der Waals surface area contributed by atoms with Crippen LogP contribution in [-0.4, -0.2) is 13.0 Å². The molecule has 0 fully saturated rings. The molecule has 2 aromatic carbocycles. The van der Waals surface area contributed by atoms with E-state index >= 15 is 0 Å². The van der Waals surface area contributed by atoms with Crippen LogP contribution < -0.4 is 5.32 Å². The highest BCUT2D eigenvalue weighted by Gasteiger charge is 2.43. The summed E-state index contributed by atoms with van der Waals surface area (Å²) in [6.45, 7) is 1.97. The molecule has 0 radical (unpaired) electrons. The van der Waals surface area contributed by atoms with Crippen molar-refractivity contribution in [1.29, 1.82) is 0 Å². The molecule has 0 saturated heterocycles. The van der Waals surface area contributed by atoms with Crippen LogP contribution in [0, 0.1) is 5.92 Å². The van der Waals surface area contributed by atoms with Crippen molar-refractivity contribution in [3.8, 4) is 0 Å². The lowest BCUT2D eigenvalue weighted by molar-refractivity contribution is -0.124. The van der Waals surface area contributed by atoms with Gasteiger partial charge in [0.25, 0.3) is 0 Å². The molecule has 3 heteroatoms. The molecule has 1 aliphatic carbocycles. The number of fused-ring (bicyclic) bond motifs is 2. The minimum atomic E-state index is -0.161. The van der Waals surface area contributed by atoms with E-state index in [-0.39, 0.29) is 24.0 Å².